The summed E-state index contributed by atoms with van der Waals surface area (Å²) in [7, 11) is 0. The number of aryl methyl sites for hydroxylation is 1. The second-order valence-corrected chi connectivity index (χ2v) is 5.73. The number of nitrogen functional groups attached to an aromatic ring is 1. The Hall–Kier alpha value is -1.69. The highest BCUT2D eigenvalue weighted by Gasteiger charge is 2.12. The molecule has 5 nitrogen and oxygen atoms in total. The van der Waals surface area contributed by atoms with Crippen molar-refractivity contribution in [3.8, 4) is 5.75 Å². The number of nitrogens with zero attached hydrogens (tertiary/aromatic N) is 3. The zero-order valence-electron chi connectivity index (χ0n) is 12.3. The number of aromatic nitrogens is 3. The van der Waals surface area contributed by atoms with Crippen molar-refractivity contribution >= 4 is 11.8 Å². The predicted molar refractivity (Wildman–Crippen MR) is 81.6 cm³/mol. The largest absolute Gasteiger partial charge is 0.485 e. The molecular formula is C14H20N4OS. The number of nitrogens with two attached hydrogens (primary N) is 1. The standard InChI is InChI=1S/C14H20N4OS/c1-9(2)11-6-5-10(3)7-12(11)19-8-13-16-17-14(20-4)18(13)15/h5-7,9H,8,15H2,1-4H3. The second kappa shape index (κ2) is 6.17. The summed E-state index contributed by atoms with van der Waals surface area (Å²) in [5.74, 6) is 7.80. The summed E-state index contributed by atoms with van der Waals surface area (Å²) < 4.78 is 7.36. The average molecular weight is 292 g/mol. The molecule has 0 aliphatic carbocycles. The van der Waals surface area contributed by atoms with E-state index >= 15 is 0 Å². The molecule has 2 N–H and O–H groups in total. The topological polar surface area (TPSA) is 66.0 Å². The van der Waals surface area contributed by atoms with E-state index in [-0.39, 0.29) is 0 Å². The van der Waals surface area contributed by atoms with E-state index in [4.69, 9.17) is 10.6 Å². The monoisotopic (exact) mass is 292 g/mol. The Morgan fingerprint density at radius 2 is 2.10 bits per heavy atom. The third-order valence-corrected chi connectivity index (χ3v) is 3.71. The van der Waals surface area contributed by atoms with Crippen LogP contribution in [0.15, 0.2) is 23.4 Å². The van der Waals surface area contributed by atoms with E-state index in [9.17, 15) is 0 Å². The molecule has 1 heterocycles. The van der Waals surface area contributed by atoms with Crippen molar-refractivity contribution < 1.29 is 4.74 Å². The number of benzene rings is 1. The fraction of sp³-hybridized carbons (Fsp3) is 0.429. The van der Waals surface area contributed by atoms with Crippen molar-refractivity contribution in [2.45, 2.75) is 38.5 Å². The molecule has 108 valence electrons. The second-order valence-electron chi connectivity index (χ2n) is 4.96. The maximum Gasteiger partial charge on any atom is 0.209 e. The fourth-order valence-electron chi connectivity index (χ4n) is 1.93. The van der Waals surface area contributed by atoms with Crippen LogP contribution < -0.4 is 10.6 Å². The van der Waals surface area contributed by atoms with Gasteiger partial charge in [-0.15, -0.1) is 10.2 Å². The van der Waals surface area contributed by atoms with Crippen LogP contribution in [0.5, 0.6) is 5.75 Å². The molecule has 0 saturated heterocycles. The highest BCUT2D eigenvalue weighted by molar-refractivity contribution is 7.98. The van der Waals surface area contributed by atoms with Crippen LogP contribution in [0.1, 0.15) is 36.7 Å². The van der Waals surface area contributed by atoms with Gasteiger partial charge in [-0.25, -0.2) is 4.68 Å². The van der Waals surface area contributed by atoms with Crippen LogP contribution in [0.25, 0.3) is 0 Å². The van der Waals surface area contributed by atoms with Gasteiger partial charge in [0, 0.05) is 0 Å². The molecule has 0 aliphatic rings. The maximum absolute atomic E-state index is 5.90. The maximum atomic E-state index is 5.90. The number of thioether (sulfide) groups is 1. The Kier molecular flexibility index (Phi) is 4.54. The van der Waals surface area contributed by atoms with Gasteiger partial charge in [-0.1, -0.05) is 37.7 Å². The summed E-state index contributed by atoms with van der Waals surface area (Å²) in [6, 6.07) is 6.25. The molecule has 0 unspecified atom stereocenters. The van der Waals surface area contributed by atoms with Crippen molar-refractivity contribution in [2.24, 2.45) is 0 Å². The molecule has 2 rings (SSSR count). The van der Waals surface area contributed by atoms with Crippen LogP contribution in [-0.2, 0) is 6.61 Å². The summed E-state index contributed by atoms with van der Waals surface area (Å²) in [4.78, 5) is 0. The molecule has 0 radical (unpaired) electrons. The third kappa shape index (κ3) is 3.07. The van der Waals surface area contributed by atoms with Crippen molar-refractivity contribution in [1.29, 1.82) is 0 Å². The number of rotatable bonds is 5. The first-order valence-electron chi connectivity index (χ1n) is 6.49. The van der Waals surface area contributed by atoms with E-state index in [0.29, 0.717) is 23.5 Å². The van der Waals surface area contributed by atoms with Gasteiger partial charge < -0.3 is 10.6 Å². The lowest BCUT2D eigenvalue weighted by Crippen LogP contribution is -2.16. The van der Waals surface area contributed by atoms with Crippen LogP contribution >= 0.6 is 11.8 Å². The molecule has 0 atom stereocenters. The summed E-state index contributed by atoms with van der Waals surface area (Å²) in [6.07, 6.45) is 1.91. The van der Waals surface area contributed by atoms with Gasteiger partial charge in [0.25, 0.3) is 0 Å². The summed E-state index contributed by atoms with van der Waals surface area (Å²) in [5, 5.41) is 8.71. The Balaban J connectivity index is 2.18. The van der Waals surface area contributed by atoms with Crippen molar-refractivity contribution in [3.63, 3.8) is 0 Å². The van der Waals surface area contributed by atoms with E-state index in [1.54, 1.807) is 0 Å². The van der Waals surface area contributed by atoms with Crippen molar-refractivity contribution in [3.05, 3.63) is 35.2 Å². The minimum Gasteiger partial charge on any atom is -0.485 e. The Bertz CT molecular complexity index is 595. The molecule has 0 bridgehead atoms. The van der Waals surface area contributed by atoms with Gasteiger partial charge in [0.2, 0.25) is 5.16 Å². The SMILES string of the molecule is CSc1nnc(COc2cc(C)ccc2C(C)C)n1N. The first kappa shape index (κ1) is 14.7. The normalized spacial score (nSPS) is 11.1. The average Bonchev–Trinajstić information content (AvgIpc) is 2.76. The van der Waals surface area contributed by atoms with E-state index in [1.807, 2.05) is 19.2 Å². The quantitative estimate of drug-likeness (QED) is 0.678. The predicted octanol–water partition coefficient (Wildman–Crippen LogP) is 2.72. The van der Waals surface area contributed by atoms with E-state index in [0.717, 1.165) is 5.75 Å². The first-order chi connectivity index (χ1) is 9.52. The van der Waals surface area contributed by atoms with E-state index in [1.165, 1.54) is 27.6 Å². The molecule has 0 fully saturated rings. The van der Waals surface area contributed by atoms with Gasteiger partial charge in [-0.2, -0.15) is 0 Å². The number of hydrogen-bond acceptors (Lipinski definition) is 5. The summed E-state index contributed by atoms with van der Waals surface area (Å²) >= 11 is 1.46. The highest BCUT2D eigenvalue weighted by atomic mass is 32.2. The third-order valence-electron chi connectivity index (χ3n) is 3.07. The summed E-state index contributed by atoms with van der Waals surface area (Å²) in [5.41, 5.74) is 2.35. The fourth-order valence-corrected chi connectivity index (χ4v) is 2.36. The van der Waals surface area contributed by atoms with E-state index in [2.05, 4.69) is 36.2 Å². The lowest BCUT2D eigenvalue weighted by molar-refractivity contribution is 0.287. The first-order valence-corrected chi connectivity index (χ1v) is 7.72. The number of hydrogen-bond donors (Lipinski definition) is 1. The lowest BCUT2D eigenvalue weighted by Gasteiger charge is -2.14. The van der Waals surface area contributed by atoms with Gasteiger partial charge in [0.1, 0.15) is 12.4 Å². The van der Waals surface area contributed by atoms with Crippen molar-refractivity contribution in [2.75, 3.05) is 12.1 Å². The van der Waals surface area contributed by atoms with Gasteiger partial charge in [-0.05, 0) is 36.3 Å². The van der Waals surface area contributed by atoms with Crippen LogP contribution in [0.2, 0.25) is 0 Å². The molecule has 2 aromatic rings. The molecule has 0 aliphatic heterocycles. The number of ether oxygens (including phenoxy) is 1. The van der Waals surface area contributed by atoms with Gasteiger partial charge in [-0.3, -0.25) is 0 Å². The molecule has 0 spiro atoms. The van der Waals surface area contributed by atoms with Crippen LogP contribution in [0.3, 0.4) is 0 Å². The molecule has 0 amide bonds. The van der Waals surface area contributed by atoms with Crippen molar-refractivity contribution in [1.82, 2.24) is 14.9 Å². The molecule has 20 heavy (non-hydrogen) atoms. The molecule has 0 saturated carbocycles. The van der Waals surface area contributed by atoms with Crippen LogP contribution in [0.4, 0.5) is 0 Å². The van der Waals surface area contributed by atoms with Gasteiger partial charge >= 0.3 is 0 Å². The van der Waals surface area contributed by atoms with Crippen LogP contribution in [-0.4, -0.2) is 21.1 Å². The minimum atomic E-state index is 0.313. The lowest BCUT2D eigenvalue weighted by atomic mass is 10.0. The van der Waals surface area contributed by atoms with Crippen LogP contribution in [0, 0.1) is 6.92 Å². The van der Waals surface area contributed by atoms with Gasteiger partial charge in [0.05, 0.1) is 0 Å². The smallest absolute Gasteiger partial charge is 0.209 e. The Morgan fingerprint density at radius 3 is 2.70 bits per heavy atom. The molecule has 1 aromatic carbocycles. The van der Waals surface area contributed by atoms with Gasteiger partial charge in [0.15, 0.2) is 5.82 Å². The zero-order chi connectivity index (χ0) is 14.7. The summed E-state index contributed by atoms with van der Waals surface area (Å²) in [6.45, 7) is 6.66. The molecule has 1 aromatic heterocycles. The zero-order valence-corrected chi connectivity index (χ0v) is 13.1. The minimum absolute atomic E-state index is 0.313. The Labute approximate surface area is 123 Å². The highest BCUT2D eigenvalue weighted by Crippen LogP contribution is 2.28. The molecule has 6 heteroatoms. The molecular weight excluding hydrogens is 272 g/mol. The Morgan fingerprint density at radius 1 is 1.35 bits per heavy atom. The van der Waals surface area contributed by atoms with E-state index < -0.39 is 0 Å².